The summed E-state index contributed by atoms with van der Waals surface area (Å²) in [6.45, 7) is 5.38. The molecule has 2 heterocycles. The number of rotatable bonds is 2. The molecular weight excluding hydrogens is 229 g/mol. The van der Waals surface area contributed by atoms with Gasteiger partial charge in [0.05, 0.1) is 0 Å². The SMILES string of the molecule is CC(C)C(N1CCC2(CCCN2)C1)C(F)(F)F. The topological polar surface area (TPSA) is 15.3 Å². The minimum absolute atomic E-state index is 0.0294. The molecule has 2 unspecified atom stereocenters. The van der Waals surface area contributed by atoms with Gasteiger partial charge in [-0.15, -0.1) is 0 Å². The highest BCUT2D eigenvalue weighted by Gasteiger charge is 2.50. The number of hydrogen-bond donors (Lipinski definition) is 1. The van der Waals surface area contributed by atoms with Crippen LogP contribution in [0.3, 0.4) is 0 Å². The highest BCUT2D eigenvalue weighted by atomic mass is 19.4. The van der Waals surface area contributed by atoms with Crippen molar-refractivity contribution >= 4 is 0 Å². The fourth-order valence-corrected chi connectivity index (χ4v) is 3.37. The summed E-state index contributed by atoms with van der Waals surface area (Å²) in [5.41, 5.74) is -0.0294. The van der Waals surface area contributed by atoms with Crippen molar-refractivity contribution in [3.05, 3.63) is 0 Å². The summed E-state index contributed by atoms with van der Waals surface area (Å²) in [6, 6.07) is -1.29. The number of likely N-dealkylation sites (tertiary alicyclic amines) is 1. The summed E-state index contributed by atoms with van der Waals surface area (Å²) >= 11 is 0. The summed E-state index contributed by atoms with van der Waals surface area (Å²) in [4.78, 5) is 1.63. The molecule has 0 saturated carbocycles. The van der Waals surface area contributed by atoms with E-state index in [-0.39, 0.29) is 11.5 Å². The molecule has 2 aliphatic rings. The highest BCUT2D eigenvalue weighted by molar-refractivity contribution is 5.03. The largest absolute Gasteiger partial charge is 0.404 e. The van der Waals surface area contributed by atoms with Gasteiger partial charge < -0.3 is 5.32 Å². The lowest BCUT2D eigenvalue weighted by Crippen LogP contribution is -2.51. The molecule has 0 aromatic rings. The summed E-state index contributed by atoms with van der Waals surface area (Å²) in [6.07, 6.45) is -1.15. The second kappa shape index (κ2) is 4.43. The predicted octanol–water partition coefficient (Wildman–Crippen LogP) is 2.40. The van der Waals surface area contributed by atoms with Crippen LogP contribution in [0.25, 0.3) is 0 Å². The Kier molecular flexibility index (Phi) is 3.42. The van der Waals surface area contributed by atoms with Crippen molar-refractivity contribution in [1.82, 2.24) is 10.2 Å². The molecular formula is C12H21F3N2. The van der Waals surface area contributed by atoms with Gasteiger partial charge in [0, 0.05) is 18.6 Å². The van der Waals surface area contributed by atoms with E-state index in [9.17, 15) is 13.2 Å². The lowest BCUT2D eigenvalue weighted by atomic mass is 9.96. The van der Waals surface area contributed by atoms with Crippen molar-refractivity contribution in [2.45, 2.75) is 50.9 Å². The number of halogens is 3. The van der Waals surface area contributed by atoms with Crippen LogP contribution in [0.5, 0.6) is 0 Å². The third-order valence-corrected chi connectivity index (χ3v) is 4.08. The first-order valence-electron chi connectivity index (χ1n) is 6.40. The monoisotopic (exact) mass is 250 g/mol. The van der Waals surface area contributed by atoms with E-state index in [1.165, 1.54) is 0 Å². The Morgan fingerprint density at radius 1 is 1.24 bits per heavy atom. The minimum atomic E-state index is -4.11. The second-order valence-corrected chi connectivity index (χ2v) is 5.76. The van der Waals surface area contributed by atoms with Gasteiger partial charge in [-0.3, -0.25) is 4.90 Å². The Hall–Kier alpha value is -0.290. The fraction of sp³-hybridized carbons (Fsp3) is 1.00. The van der Waals surface area contributed by atoms with Crippen molar-refractivity contribution in [3.63, 3.8) is 0 Å². The standard InChI is InChI=1S/C12H21F3N2/c1-9(2)10(12(13,14)15)17-7-5-11(8-17)4-3-6-16-11/h9-10,16H,3-8H2,1-2H3. The molecule has 17 heavy (non-hydrogen) atoms. The van der Waals surface area contributed by atoms with E-state index < -0.39 is 12.2 Å². The number of alkyl halides is 3. The van der Waals surface area contributed by atoms with E-state index in [2.05, 4.69) is 5.32 Å². The van der Waals surface area contributed by atoms with E-state index in [1.807, 2.05) is 0 Å². The van der Waals surface area contributed by atoms with Crippen LogP contribution in [-0.2, 0) is 0 Å². The molecule has 0 bridgehead atoms. The molecule has 0 amide bonds. The van der Waals surface area contributed by atoms with Gasteiger partial charge in [-0.1, -0.05) is 13.8 Å². The molecule has 0 aliphatic carbocycles. The molecule has 0 radical (unpaired) electrons. The quantitative estimate of drug-likeness (QED) is 0.809. The minimum Gasteiger partial charge on any atom is -0.310 e. The molecule has 1 spiro atoms. The Balaban J connectivity index is 2.07. The Morgan fingerprint density at radius 3 is 2.41 bits per heavy atom. The zero-order valence-electron chi connectivity index (χ0n) is 10.5. The zero-order valence-corrected chi connectivity index (χ0v) is 10.5. The average molecular weight is 250 g/mol. The maximum absolute atomic E-state index is 13.0. The third kappa shape index (κ3) is 2.60. The van der Waals surface area contributed by atoms with E-state index in [0.29, 0.717) is 13.1 Å². The summed E-state index contributed by atoms with van der Waals surface area (Å²) < 4.78 is 39.1. The lowest BCUT2D eigenvalue weighted by molar-refractivity contribution is -0.192. The van der Waals surface area contributed by atoms with Crippen LogP contribution < -0.4 is 5.32 Å². The molecule has 5 heteroatoms. The highest BCUT2D eigenvalue weighted by Crippen LogP contribution is 2.37. The van der Waals surface area contributed by atoms with Crippen LogP contribution in [0.1, 0.15) is 33.1 Å². The first-order valence-corrected chi connectivity index (χ1v) is 6.40. The van der Waals surface area contributed by atoms with Crippen LogP contribution in [0.2, 0.25) is 0 Å². The van der Waals surface area contributed by atoms with Crippen molar-refractivity contribution in [3.8, 4) is 0 Å². The second-order valence-electron chi connectivity index (χ2n) is 5.76. The molecule has 2 aliphatic heterocycles. The van der Waals surface area contributed by atoms with E-state index >= 15 is 0 Å². The van der Waals surface area contributed by atoms with E-state index in [1.54, 1.807) is 18.7 Å². The van der Waals surface area contributed by atoms with Crippen molar-refractivity contribution in [2.75, 3.05) is 19.6 Å². The van der Waals surface area contributed by atoms with Crippen LogP contribution >= 0.6 is 0 Å². The van der Waals surface area contributed by atoms with Crippen LogP contribution in [0, 0.1) is 5.92 Å². The zero-order chi connectivity index (χ0) is 12.7. The Bertz CT molecular complexity index is 269. The maximum Gasteiger partial charge on any atom is 0.404 e. The molecule has 2 rings (SSSR count). The molecule has 0 aromatic heterocycles. The van der Waals surface area contributed by atoms with Gasteiger partial charge in [0.15, 0.2) is 0 Å². The molecule has 1 N–H and O–H groups in total. The predicted molar refractivity (Wildman–Crippen MR) is 60.8 cm³/mol. The summed E-state index contributed by atoms with van der Waals surface area (Å²) in [5.74, 6) is -0.383. The molecule has 100 valence electrons. The Labute approximate surface area is 101 Å². The Morgan fingerprint density at radius 2 is 1.94 bits per heavy atom. The van der Waals surface area contributed by atoms with Crippen molar-refractivity contribution in [1.29, 1.82) is 0 Å². The van der Waals surface area contributed by atoms with Crippen molar-refractivity contribution < 1.29 is 13.2 Å². The van der Waals surface area contributed by atoms with Crippen molar-refractivity contribution in [2.24, 2.45) is 5.92 Å². The van der Waals surface area contributed by atoms with Gasteiger partial charge in [-0.2, -0.15) is 13.2 Å². The third-order valence-electron chi connectivity index (χ3n) is 4.08. The number of hydrogen-bond acceptors (Lipinski definition) is 2. The first kappa shape index (κ1) is 13.1. The van der Waals surface area contributed by atoms with Gasteiger partial charge in [0.25, 0.3) is 0 Å². The molecule has 2 atom stereocenters. The van der Waals surface area contributed by atoms with E-state index in [4.69, 9.17) is 0 Å². The van der Waals surface area contributed by atoms with Crippen LogP contribution in [-0.4, -0.2) is 42.3 Å². The first-order chi connectivity index (χ1) is 7.84. The molecule has 2 fully saturated rings. The number of nitrogens with zero attached hydrogens (tertiary/aromatic N) is 1. The maximum atomic E-state index is 13.0. The smallest absolute Gasteiger partial charge is 0.310 e. The molecule has 0 aromatic carbocycles. The van der Waals surface area contributed by atoms with Gasteiger partial charge >= 0.3 is 6.18 Å². The lowest BCUT2D eigenvalue weighted by Gasteiger charge is -2.34. The average Bonchev–Trinajstić information content (AvgIpc) is 2.75. The molecule has 2 nitrogen and oxygen atoms in total. The normalized spacial score (nSPS) is 32.8. The van der Waals surface area contributed by atoms with Crippen LogP contribution in [0.4, 0.5) is 13.2 Å². The van der Waals surface area contributed by atoms with Crippen LogP contribution in [0.15, 0.2) is 0 Å². The van der Waals surface area contributed by atoms with E-state index in [0.717, 1.165) is 25.8 Å². The summed E-state index contributed by atoms with van der Waals surface area (Å²) in [7, 11) is 0. The fourth-order valence-electron chi connectivity index (χ4n) is 3.37. The van der Waals surface area contributed by atoms with Gasteiger partial charge in [-0.25, -0.2) is 0 Å². The summed E-state index contributed by atoms with van der Waals surface area (Å²) in [5, 5.41) is 3.40. The van der Waals surface area contributed by atoms with Gasteiger partial charge in [0.1, 0.15) is 6.04 Å². The molecule has 2 saturated heterocycles. The van der Waals surface area contributed by atoms with Gasteiger partial charge in [-0.05, 0) is 31.7 Å². The number of nitrogens with one attached hydrogen (secondary N) is 1. The van der Waals surface area contributed by atoms with Gasteiger partial charge in [0.2, 0.25) is 0 Å².